The summed E-state index contributed by atoms with van der Waals surface area (Å²) in [5, 5.41) is 5.17. The van der Waals surface area contributed by atoms with Gasteiger partial charge in [-0.15, -0.1) is 11.3 Å². The molecule has 0 fully saturated rings. The summed E-state index contributed by atoms with van der Waals surface area (Å²) in [6, 6.07) is 38.3. The molecule has 154 valence electrons. The van der Waals surface area contributed by atoms with Gasteiger partial charge in [0.2, 0.25) is 0 Å². The molecule has 0 aliphatic rings. The summed E-state index contributed by atoms with van der Waals surface area (Å²) >= 11 is 1.86. The van der Waals surface area contributed by atoms with Crippen LogP contribution >= 0.6 is 11.3 Å². The van der Waals surface area contributed by atoms with Crippen molar-refractivity contribution >= 4 is 53.3 Å². The number of aromatic nitrogens is 2. The standard InChI is InChI=1S/C30H18N2S/c1-2-8-19(9-3-1)29-30(32-25-12-6-5-11-24(25)31-29)21-14-16-22-20(18-21)15-17-27-28(22)23-10-4-7-13-26(23)33-27/h1-18H. The fourth-order valence-corrected chi connectivity index (χ4v) is 5.82. The van der Waals surface area contributed by atoms with Crippen molar-refractivity contribution in [2.45, 2.75) is 0 Å². The number of para-hydroxylation sites is 2. The van der Waals surface area contributed by atoms with Crippen molar-refractivity contribution in [2.24, 2.45) is 0 Å². The van der Waals surface area contributed by atoms with E-state index < -0.39 is 0 Å². The zero-order chi connectivity index (χ0) is 21.8. The van der Waals surface area contributed by atoms with Gasteiger partial charge < -0.3 is 0 Å². The summed E-state index contributed by atoms with van der Waals surface area (Å²) in [6.45, 7) is 0. The summed E-state index contributed by atoms with van der Waals surface area (Å²) in [7, 11) is 0. The third kappa shape index (κ3) is 2.94. The number of fused-ring (bicyclic) bond motifs is 6. The van der Waals surface area contributed by atoms with Crippen LogP contribution < -0.4 is 0 Å². The van der Waals surface area contributed by atoms with Crippen LogP contribution in [0.3, 0.4) is 0 Å². The molecule has 5 aromatic carbocycles. The van der Waals surface area contributed by atoms with Crippen molar-refractivity contribution in [1.82, 2.24) is 9.97 Å². The quantitative estimate of drug-likeness (QED) is 0.270. The number of thiophene rings is 1. The maximum atomic E-state index is 5.07. The van der Waals surface area contributed by atoms with Crippen molar-refractivity contribution in [1.29, 1.82) is 0 Å². The zero-order valence-corrected chi connectivity index (χ0v) is 18.5. The molecule has 0 saturated heterocycles. The lowest BCUT2D eigenvalue weighted by atomic mass is 9.98. The van der Waals surface area contributed by atoms with Gasteiger partial charge >= 0.3 is 0 Å². The Morgan fingerprint density at radius 3 is 2.00 bits per heavy atom. The number of hydrogen-bond acceptors (Lipinski definition) is 3. The summed E-state index contributed by atoms with van der Waals surface area (Å²) in [5.74, 6) is 0. The largest absolute Gasteiger partial charge is 0.244 e. The average molecular weight is 439 g/mol. The van der Waals surface area contributed by atoms with Gasteiger partial charge in [-0.3, -0.25) is 0 Å². The van der Waals surface area contributed by atoms with Crippen molar-refractivity contribution in [3.8, 4) is 22.5 Å². The third-order valence-electron chi connectivity index (χ3n) is 6.25. The molecule has 2 heterocycles. The molecule has 0 amide bonds. The van der Waals surface area contributed by atoms with Gasteiger partial charge in [0, 0.05) is 31.3 Å². The van der Waals surface area contributed by atoms with Gasteiger partial charge in [0.05, 0.1) is 22.4 Å². The molecule has 0 saturated carbocycles. The predicted octanol–water partition coefficient (Wildman–Crippen LogP) is 8.48. The van der Waals surface area contributed by atoms with Crippen LogP contribution in [0.1, 0.15) is 0 Å². The molecular formula is C30H18N2S. The van der Waals surface area contributed by atoms with Crippen LogP contribution in [0.4, 0.5) is 0 Å². The first-order chi connectivity index (χ1) is 16.3. The molecule has 0 aliphatic carbocycles. The summed E-state index contributed by atoms with van der Waals surface area (Å²) in [5.41, 5.74) is 5.80. The van der Waals surface area contributed by atoms with E-state index in [2.05, 4.69) is 78.9 Å². The lowest BCUT2D eigenvalue weighted by Gasteiger charge is -2.12. The van der Waals surface area contributed by atoms with Crippen molar-refractivity contribution in [3.05, 3.63) is 109 Å². The van der Waals surface area contributed by atoms with E-state index in [0.29, 0.717) is 0 Å². The van der Waals surface area contributed by atoms with Gasteiger partial charge in [0.1, 0.15) is 0 Å². The summed E-state index contributed by atoms with van der Waals surface area (Å²) in [6.07, 6.45) is 0. The minimum Gasteiger partial charge on any atom is -0.244 e. The number of nitrogens with zero attached hydrogens (tertiary/aromatic N) is 2. The van der Waals surface area contributed by atoms with E-state index in [1.807, 2.05) is 41.7 Å². The Bertz CT molecular complexity index is 1820. The topological polar surface area (TPSA) is 25.8 Å². The Balaban J connectivity index is 1.51. The van der Waals surface area contributed by atoms with Gasteiger partial charge in [0.15, 0.2) is 0 Å². The van der Waals surface area contributed by atoms with Gasteiger partial charge in [0.25, 0.3) is 0 Å². The van der Waals surface area contributed by atoms with E-state index in [1.165, 1.54) is 30.9 Å². The van der Waals surface area contributed by atoms with E-state index in [4.69, 9.17) is 9.97 Å². The first kappa shape index (κ1) is 18.5. The third-order valence-corrected chi connectivity index (χ3v) is 7.39. The van der Waals surface area contributed by atoms with Crippen LogP contribution in [-0.4, -0.2) is 9.97 Å². The van der Waals surface area contributed by atoms with Crippen molar-refractivity contribution in [2.75, 3.05) is 0 Å². The molecule has 3 heteroatoms. The number of benzene rings is 5. The van der Waals surface area contributed by atoms with Gasteiger partial charge in [-0.1, -0.05) is 78.9 Å². The van der Waals surface area contributed by atoms with Crippen molar-refractivity contribution < 1.29 is 0 Å². The average Bonchev–Trinajstić information content (AvgIpc) is 3.27. The van der Waals surface area contributed by atoms with Crippen LogP contribution in [0.2, 0.25) is 0 Å². The molecule has 0 N–H and O–H groups in total. The Morgan fingerprint density at radius 2 is 1.18 bits per heavy atom. The van der Waals surface area contributed by atoms with Crippen LogP contribution in [0.5, 0.6) is 0 Å². The Morgan fingerprint density at radius 1 is 0.485 bits per heavy atom. The molecule has 0 spiro atoms. The van der Waals surface area contributed by atoms with Gasteiger partial charge in [-0.25, -0.2) is 9.97 Å². The smallest absolute Gasteiger partial charge is 0.0973 e. The number of rotatable bonds is 2. The highest BCUT2D eigenvalue weighted by Crippen LogP contribution is 2.40. The van der Waals surface area contributed by atoms with E-state index >= 15 is 0 Å². The molecule has 33 heavy (non-hydrogen) atoms. The lowest BCUT2D eigenvalue weighted by molar-refractivity contribution is 1.29. The second-order valence-corrected chi connectivity index (χ2v) is 9.33. The van der Waals surface area contributed by atoms with Crippen LogP contribution in [0, 0.1) is 0 Å². The molecule has 0 atom stereocenters. The highest BCUT2D eigenvalue weighted by molar-refractivity contribution is 7.26. The Hall–Kier alpha value is -4.08. The van der Waals surface area contributed by atoms with Crippen LogP contribution in [0.15, 0.2) is 109 Å². The fourth-order valence-electron chi connectivity index (χ4n) is 4.70. The highest BCUT2D eigenvalue weighted by atomic mass is 32.1. The first-order valence-electron chi connectivity index (χ1n) is 11.0. The van der Waals surface area contributed by atoms with E-state index in [-0.39, 0.29) is 0 Å². The Kier molecular flexibility index (Phi) is 4.05. The molecule has 0 radical (unpaired) electrons. The monoisotopic (exact) mass is 438 g/mol. The second-order valence-electron chi connectivity index (χ2n) is 8.25. The minimum absolute atomic E-state index is 0.909. The summed E-state index contributed by atoms with van der Waals surface area (Å²) < 4.78 is 2.66. The van der Waals surface area contributed by atoms with Crippen LogP contribution in [-0.2, 0) is 0 Å². The normalized spacial score (nSPS) is 11.6. The number of hydrogen-bond donors (Lipinski definition) is 0. The highest BCUT2D eigenvalue weighted by Gasteiger charge is 2.15. The van der Waals surface area contributed by atoms with Gasteiger partial charge in [-0.05, 0) is 41.1 Å². The molecular weight excluding hydrogens is 420 g/mol. The molecule has 2 nitrogen and oxygen atoms in total. The molecule has 7 rings (SSSR count). The van der Waals surface area contributed by atoms with E-state index in [9.17, 15) is 0 Å². The SMILES string of the molecule is c1ccc(-c2nc3ccccc3nc2-c2ccc3c(ccc4sc5ccccc5c43)c2)cc1. The zero-order valence-electron chi connectivity index (χ0n) is 17.7. The molecule has 2 aromatic heterocycles. The van der Waals surface area contributed by atoms with Crippen molar-refractivity contribution in [3.63, 3.8) is 0 Å². The van der Waals surface area contributed by atoms with Gasteiger partial charge in [-0.2, -0.15) is 0 Å². The van der Waals surface area contributed by atoms with E-state index in [1.54, 1.807) is 0 Å². The molecule has 0 unspecified atom stereocenters. The molecule has 0 aliphatic heterocycles. The Labute approximate surface area is 194 Å². The van der Waals surface area contributed by atoms with Crippen LogP contribution in [0.25, 0.3) is 64.5 Å². The molecule has 7 aromatic rings. The first-order valence-corrected chi connectivity index (χ1v) is 11.8. The molecule has 0 bridgehead atoms. The predicted molar refractivity (Wildman–Crippen MR) is 141 cm³/mol. The fraction of sp³-hybridized carbons (Fsp3) is 0. The lowest BCUT2D eigenvalue weighted by Crippen LogP contribution is -1.95. The van der Waals surface area contributed by atoms with E-state index in [0.717, 1.165) is 33.5 Å². The second kappa shape index (κ2) is 7.22. The summed E-state index contributed by atoms with van der Waals surface area (Å²) in [4.78, 5) is 10.1. The maximum absolute atomic E-state index is 5.07. The maximum Gasteiger partial charge on any atom is 0.0973 e. The minimum atomic E-state index is 0.909.